The summed E-state index contributed by atoms with van der Waals surface area (Å²) in [5, 5.41) is 4.09. The second kappa shape index (κ2) is 10.8. The van der Waals surface area contributed by atoms with Crippen molar-refractivity contribution in [3.63, 3.8) is 0 Å². The molecule has 0 saturated heterocycles. The topological polar surface area (TPSA) is 46.6 Å². The Labute approximate surface area is 190 Å². The van der Waals surface area contributed by atoms with Gasteiger partial charge in [-0.1, -0.05) is 18.2 Å². The number of rotatable bonds is 8. The maximum atomic E-state index is 5.79. The maximum Gasteiger partial charge on any atom is 0.173 e. The highest BCUT2D eigenvalue weighted by atomic mass is 32.1. The first-order valence-corrected chi connectivity index (χ1v) is 10.6. The molecule has 1 heterocycles. The molecule has 0 radical (unpaired) electrons. The Balaban J connectivity index is 1.75. The number of aromatic nitrogens is 1. The summed E-state index contributed by atoms with van der Waals surface area (Å²) < 4.78 is 10.8. The van der Waals surface area contributed by atoms with E-state index in [9.17, 15) is 0 Å². The van der Waals surface area contributed by atoms with Crippen LogP contribution in [0, 0.1) is 13.8 Å². The van der Waals surface area contributed by atoms with Crippen LogP contribution in [-0.4, -0.2) is 35.8 Å². The lowest BCUT2D eigenvalue weighted by Crippen LogP contribution is -2.36. The molecule has 0 aliphatic carbocycles. The quantitative estimate of drug-likeness (QED) is 0.493. The highest BCUT2D eigenvalue weighted by Crippen LogP contribution is 2.28. The van der Waals surface area contributed by atoms with Gasteiger partial charge in [0.1, 0.15) is 0 Å². The highest BCUT2D eigenvalue weighted by Gasteiger charge is 2.13. The average molecular weight is 436 g/mol. The van der Waals surface area contributed by atoms with Crippen molar-refractivity contribution in [2.45, 2.75) is 26.8 Å². The number of nitrogens with one attached hydrogen (secondary N) is 1. The summed E-state index contributed by atoms with van der Waals surface area (Å²) in [6.45, 7) is 5.64. The molecule has 31 heavy (non-hydrogen) atoms. The number of anilines is 1. The van der Waals surface area contributed by atoms with Crippen molar-refractivity contribution in [3.05, 3.63) is 83.2 Å². The second-order valence-electron chi connectivity index (χ2n) is 7.45. The van der Waals surface area contributed by atoms with Gasteiger partial charge in [0.25, 0.3) is 0 Å². The molecule has 3 rings (SSSR count). The van der Waals surface area contributed by atoms with Crippen LogP contribution in [-0.2, 0) is 13.0 Å². The molecule has 3 aromatic rings. The molecule has 2 aromatic carbocycles. The lowest BCUT2D eigenvalue weighted by molar-refractivity contribution is 0.354. The maximum absolute atomic E-state index is 5.79. The zero-order chi connectivity index (χ0) is 22.2. The van der Waals surface area contributed by atoms with Crippen LogP contribution in [0.2, 0.25) is 0 Å². The Morgan fingerprint density at radius 3 is 2.45 bits per heavy atom. The van der Waals surface area contributed by atoms with E-state index in [1.165, 1.54) is 11.1 Å². The Kier molecular flexibility index (Phi) is 7.84. The van der Waals surface area contributed by atoms with E-state index in [2.05, 4.69) is 59.4 Å². The summed E-state index contributed by atoms with van der Waals surface area (Å²) in [5.41, 5.74) is 5.76. The van der Waals surface area contributed by atoms with Gasteiger partial charge < -0.3 is 19.7 Å². The molecule has 0 unspecified atom stereocenters. The SMILES string of the molecule is COc1ccc(CCN(Cc2cccnc2)C(=S)Nc2ccc(C)c(C)c2)cc1OC. The van der Waals surface area contributed by atoms with Gasteiger partial charge in [-0.2, -0.15) is 0 Å². The lowest BCUT2D eigenvalue weighted by Gasteiger charge is -2.26. The minimum Gasteiger partial charge on any atom is -0.493 e. The van der Waals surface area contributed by atoms with Crippen LogP contribution in [0.15, 0.2) is 60.9 Å². The largest absolute Gasteiger partial charge is 0.493 e. The number of aryl methyl sites for hydroxylation is 2. The van der Waals surface area contributed by atoms with Gasteiger partial charge in [0.05, 0.1) is 14.2 Å². The fourth-order valence-corrected chi connectivity index (χ4v) is 3.56. The molecular weight excluding hydrogens is 406 g/mol. The van der Waals surface area contributed by atoms with Gasteiger partial charge in [-0.05, 0) is 85.1 Å². The molecule has 0 aliphatic heterocycles. The first kappa shape index (κ1) is 22.6. The normalized spacial score (nSPS) is 10.5. The van der Waals surface area contributed by atoms with Gasteiger partial charge in [0.2, 0.25) is 0 Å². The van der Waals surface area contributed by atoms with E-state index >= 15 is 0 Å². The molecule has 0 bridgehead atoms. The molecule has 0 atom stereocenters. The molecule has 162 valence electrons. The number of nitrogens with zero attached hydrogens (tertiary/aromatic N) is 2. The van der Waals surface area contributed by atoms with Crippen LogP contribution in [0.1, 0.15) is 22.3 Å². The number of benzene rings is 2. The fraction of sp³-hybridized carbons (Fsp3) is 0.280. The monoisotopic (exact) mass is 435 g/mol. The minimum atomic E-state index is 0.678. The predicted molar refractivity (Wildman–Crippen MR) is 130 cm³/mol. The third-order valence-corrected chi connectivity index (χ3v) is 5.62. The molecule has 0 aliphatic rings. The van der Waals surface area contributed by atoms with Crippen molar-refractivity contribution in [2.24, 2.45) is 0 Å². The molecule has 0 spiro atoms. The van der Waals surface area contributed by atoms with Crippen molar-refractivity contribution in [1.82, 2.24) is 9.88 Å². The summed E-state index contributed by atoms with van der Waals surface area (Å²) in [6.07, 6.45) is 4.47. The molecule has 0 saturated carbocycles. The average Bonchev–Trinajstić information content (AvgIpc) is 2.79. The number of ether oxygens (including phenoxy) is 2. The minimum absolute atomic E-state index is 0.678. The third kappa shape index (κ3) is 6.18. The molecular formula is C25H29N3O2S. The van der Waals surface area contributed by atoms with Crippen LogP contribution in [0.4, 0.5) is 5.69 Å². The van der Waals surface area contributed by atoms with Crippen LogP contribution in [0.5, 0.6) is 11.5 Å². The predicted octanol–water partition coefficient (Wildman–Crippen LogP) is 5.16. The fourth-order valence-electron chi connectivity index (χ4n) is 3.29. The van der Waals surface area contributed by atoms with E-state index in [0.29, 0.717) is 11.7 Å². The summed E-state index contributed by atoms with van der Waals surface area (Å²) in [5.74, 6) is 1.46. The van der Waals surface area contributed by atoms with E-state index in [1.807, 2.05) is 24.4 Å². The van der Waals surface area contributed by atoms with Crippen LogP contribution in [0.25, 0.3) is 0 Å². The van der Waals surface area contributed by atoms with Crippen LogP contribution >= 0.6 is 12.2 Å². The van der Waals surface area contributed by atoms with Gasteiger partial charge in [-0.25, -0.2) is 0 Å². The van der Waals surface area contributed by atoms with E-state index in [4.69, 9.17) is 21.7 Å². The summed E-state index contributed by atoms with van der Waals surface area (Å²) in [7, 11) is 3.29. The Morgan fingerprint density at radius 2 is 1.77 bits per heavy atom. The van der Waals surface area contributed by atoms with Crippen molar-refractivity contribution < 1.29 is 9.47 Å². The van der Waals surface area contributed by atoms with E-state index in [-0.39, 0.29) is 0 Å². The highest BCUT2D eigenvalue weighted by molar-refractivity contribution is 7.80. The molecule has 6 heteroatoms. The number of thiocarbonyl (C=S) groups is 1. The van der Waals surface area contributed by atoms with Gasteiger partial charge >= 0.3 is 0 Å². The number of methoxy groups -OCH3 is 2. The Hall–Kier alpha value is -3.12. The summed E-state index contributed by atoms with van der Waals surface area (Å²) in [6, 6.07) is 16.3. The van der Waals surface area contributed by atoms with Crippen molar-refractivity contribution >= 4 is 23.0 Å². The first-order chi connectivity index (χ1) is 15.0. The number of pyridine rings is 1. The van der Waals surface area contributed by atoms with Crippen molar-refractivity contribution in [1.29, 1.82) is 0 Å². The second-order valence-corrected chi connectivity index (χ2v) is 7.84. The zero-order valence-electron chi connectivity index (χ0n) is 18.5. The van der Waals surface area contributed by atoms with E-state index < -0.39 is 0 Å². The van der Waals surface area contributed by atoms with Crippen LogP contribution in [0.3, 0.4) is 0 Å². The molecule has 0 fully saturated rings. The summed E-state index contributed by atoms with van der Waals surface area (Å²) in [4.78, 5) is 6.41. The first-order valence-electron chi connectivity index (χ1n) is 10.2. The standard InChI is InChI=1S/C25H29N3O2S/c1-18-7-9-22(14-19(18)2)27-25(31)28(17-21-6-5-12-26-16-21)13-11-20-8-10-23(29-3)24(15-20)30-4/h5-10,12,14-16H,11,13,17H2,1-4H3,(H,27,31). The number of hydrogen-bond acceptors (Lipinski definition) is 4. The van der Waals surface area contributed by atoms with E-state index in [0.717, 1.165) is 41.3 Å². The van der Waals surface area contributed by atoms with Crippen molar-refractivity contribution in [3.8, 4) is 11.5 Å². The molecule has 1 aromatic heterocycles. The van der Waals surface area contributed by atoms with Gasteiger partial charge in [0, 0.05) is 31.2 Å². The van der Waals surface area contributed by atoms with Crippen LogP contribution < -0.4 is 14.8 Å². The van der Waals surface area contributed by atoms with Crippen molar-refractivity contribution in [2.75, 3.05) is 26.1 Å². The summed E-state index contributed by atoms with van der Waals surface area (Å²) >= 11 is 5.79. The van der Waals surface area contributed by atoms with Gasteiger partial charge in [-0.3, -0.25) is 4.98 Å². The third-order valence-electron chi connectivity index (χ3n) is 5.26. The molecule has 1 N–H and O–H groups in total. The number of hydrogen-bond donors (Lipinski definition) is 1. The Morgan fingerprint density at radius 1 is 0.968 bits per heavy atom. The Bertz CT molecular complexity index is 1020. The molecule has 5 nitrogen and oxygen atoms in total. The molecule has 0 amide bonds. The van der Waals surface area contributed by atoms with E-state index in [1.54, 1.807) is 20.4 Å². The zero-order valence-corrected chi connectivity index (χ0v) is 19.3. The smallest absolute Gasteiger partial charge is 0.173 e. The van der Waals surface area contributed by atoms with Gasteiger partial charge in [-0.15, -0.1) is 0 Å². The lowest BCUT2D eigenvalue weighted by atomic mass is 10.1. The van der Waals surface area contributed by atoms with Gasteiger partial charge in [0.15, 0.2) is 16.6 Å².